The van der Waals surface area contributed by atoms with Gasteiger partial charge in [-0.05, 0) is 37.5 Å². The van der Waals surface area contributed by atoms with E-state index in [0.717, 1.165) is 25.0 Å². The first kappa shape index (κ1) is 19.0. The second kappa shape index (κ2) is 7.73. The van der Waals surface area contributed by atoms with Crippen molar-refractivity contribution in [3.63, 3.8) is 0 Å². The van der Waals surface area contributed by atoms with Crippen LogP contribution < -0.4 is 10.1 Å². The van der Waals surface area contributed by atoms with Gasteiger partial charge in [0.2, 0.25) is 5.91 Å². The first-order valence-electron chi connectivity index (χ1n) is 7.75. The van der Waals surface area contributed by atoms with E-state index in [1.807, 2.05) is 0 Å². The molecule has 0 aliphatic heterocycles. The molecule has 0 bridgehead atoms. The van der Waals surface area contributed by atoms with Gasteiger partial charge in [0.1, 0.15) is 11.8 Å². The summed E-state index contributed by atoms with van der Waals surface area (Å²) < 4.78 is 40.0. The molecule has 2 rings (SSSR count). The molecule has 138 valence electrons. The van der Waals surface area contributed by atoms with Gasteiger partial charge in [-0.3, -0.25) is 14.5 Å². The molecule has 0 radical (unpaired) electrons. The van der Waals surface area contributed by atoms with Gasteiger partial charge in [-0.15, -0.1) is 13.2 Å². The van der Waals surface area contributed by atoms with E-state index in [0.29, 0.717) is 5.56 Å². The summed E-state index contributed by atoms with van der Waals surface area (Å²) in [6, 6.07) is 4.52. The van der Waals surface area contributed by atoms with E-state index in [9.17, 15) is 22.8 Å². The number of halogens is 3. The van der Waals surface area contributed by atoms with Crippen LogP contribution in [0.2, 0.25) is 0 Å². The van der Waals surface area contributed by atoms with E-state index in [-0.39, 0.29) is 30.8 Å². The fourth-order valence-corrected chi connectivity index (χ4v) is 2.36. The number of carboxylic acids is 1. The molecule has 0 saturated heterocycles. The number of hydrogen-bond donors (Lipinski definition) is 2. The molecule has 1 aromatic rings. The maximum absolute atomic E-state index is 12.1. The summed E-state index contributed by atoms with van der Waals surface area (Å²) in [4.78, 5) is 24.8. The lowest BCUT2D eigenvalue weighted by Gasteiger charge is -2.25. The van der Waals surface area contributed by atoms with Crippen molar-refractivity contribution in [2.24, 2.45) is 0 Å². The molecule has 1 amide bonds. The van der Waals surface area contributed by atoms with Crippen molar-refractivity contribution in [3.05, 3.63) is 29.8 Å². The predicted octanol–water partition coefficient (Wildman–Crippen LogP) is 2.14. The maximum Gasteiger partial charge on any atom is 0.573 e. The lowest BCUT2D eigenvalue weighted by molar-refractivity contribution is -0.274. The Morgan fingerprint density at radius 1 is 1.32 bits per heavy atom. The fourth-order valence-electron chi connectivity index (χ4n) is 2.36. The zero-order chi connectivity index (χ0) is 18.6. The number of carbonyl (C=O) groups excluding carboxylic acids is 1. The molecule has 9 heteroatoms. The molecule has 0 spiro atoms. The van der Waals surface area contributed by atoms with Gasteiger partial charge in [0.25, 0.3) is 0 Å². The first-order chi connectivity index (χ1) is 11.7. The van der Waals surface area contributed by atoms with Crippen molar-refractivity contribution >= 4 is 11.9 Å². The second-order valence-corrected chi connectivity index (χ2v) is 5.89. The van der Waals surface area contributed by atoms with E-state index < -0.39 is 18.4 Å². The highest BCUT2D eigenvalue weighted by Gasteiger charge is 2.36. The van der Waals surface area contributed by atoms with Crippen LogP contribution in [0.1, 0.15) is 25.3 Å². The molecule has 1 aliphatic rings. The van der Waals surface area contributed by atoms with Crippen LogP contribution in [0.4, 0.5) is 13.2 Å². The topological polar surface area (TPSA) is 78.9 Å². The number of nitrogens with zero attached hydrogens (tertiary/aromatic N) is 1. The minimum atomic E-state index is -4.75. The van der Waals surface area contributed by atoms with Gasteiger partial charge in [-0.1, -0.05) is 12.1 Å². The van der Waals surface area contributed by atoms with E-state index in [1.165, 1.54) is 19.1 Å². The molecule has 1 atom stereocenters. The number of rotatable bonds is 8. The molecule has 25 heavy (non-hydrogen) atoms. The number of benzene rings is 1. The average Bonchev–Trinajstić information content (AvgIpc) is 3.34. The van der Waals surface area contributed by atoms with Gasteiger partial charge in [-0.2, -0.15) is 0 Å². The number of alkyl halides is 3. The predicted molar refractivity (Wildman–Crippen MR) is 81.8 cm³/mol. The van der Waals surface area contributed by atoms with Gasteiger partial charge >= 0.3 is 12.3 Å². The van der Waals surface area contributed by atoms with Gasteiger partial charge in [0.15, 0.2) is 0 Å². The van der Waals surface area contributed by atoms with Crippen molar-refractivity contribution in [1.82, 2.24) is 10.2 Å². The number of carbonyl (C=O) groups is 2. The van der Waals surface area contributed by atoms with E-state index in [4.69, 9.17) is 5.11 Å². The summed E-state index contributed by atoms with van der Waals surface area (Å²) >= 11 is 0. The smallest absolute Gasteiger partial charge is 0.480 e. The Bertz CT molecular complexity index is 615. The van der Waals surface area contributed by atoms with Crippen molar-refractivity contribution in [2.45, 2.75) is 44.8 Å². The Morgan fingerprint density at radius 3 is 2.40 bits per heavy atom. The number of carboxylic acid groups (broad SMARTS) is 1. The lowest BCUT2D eigenvalue weighted by atomic mass is 10.2. The molecular formula is C16H19F3N2O4. The Kier molecular flexibility index (Phi) is 5.89. The van der Waals surface area contributed by atoms with Crippen LogP contribution in [0, 0.1) is 0 Å². The third-order valence-electron chi connectivity index (χ3n) is 3.84. The Morgan fingerprint density at radius 2 is 1.92 bits per heavy atom. The van der Waals surface area contributed by atoms with Crippen molar-refractivity contribution in [3.8, 4) is 5.75 Å². The molecule has 6 nitrogen and oxygen atoms in total. The Hall–Kier alpha value is -2.29. The summed E-state index contributed by atoms with van der Waals surface area (Å²) in [7, 11) is 0. The third-order valence-corrected chi connectivity index (χ3v) is 3.84. The zero-order valence-electron chi connectivity index (χ0n) is 13.5. The van der Waals surface area contributed by atoms with E-state index >= 15 is 0 Å². The van der Waals surface area contributed by atoms with Crippen LogP contribution in [-0.4, -0.2) is 46.9 Å². The highest BCUT2D eigenvalue weighted by molar-refractivity contribution is 5.80. The second-order valence-electron chi connectivity index (χ2n) is 5.89. The van der Waals surface area contributed by atoms with Crippen LogP contribution >= 0.6 is 0 Å². The number of hydrogen-bond acceptors (Lipinski definition) is 4. The highest BCUT2D eigenvalue weighted by Crippen LogP contribution is 2.28. The molecule has 1 aliphatic carbocycles. The van der Waals surface area contributed by atoms with Gasteiger partial charge in [0, 0.05) is 12.6 Å². The average molecular weight is 360 g/mol. The monoisotopic (exact) mass is 360 g/mol. The van der Waals surface area contributed by atoms with Crippen LogP contribution in [0.15, 0.2) is 24.3 Å². The van der Waals surface area contributed by atoms with Gasteiger partial charge in [-0.25, -0.2) is 0 Å². The highest BCUT2D eigenvalue weighted by atomic mass is 19.4. The normalized spacial score (nSPS) is 15.7. The summed E-state index contributed by atoms with van der Waals surface area (Å²) in [5.41, 5.74) is 0.604. The van der Waals surface area contributed by atoms with Crippen molar-refractivity contribution < 1.29 is 32.6 Å². The standard InChI is InChI=1S/C16H19F3N2O4/c1-10(15(23)24)21(12-4-5-12)9-14(22)20-8-11-2-6-13(7-3-11)25-16(17,18)19/h2-3,6-7,10,12H,4-5,8-9H2,1H3,(H,20,22)(H,23,24). The molecule has 1 saturated carbocycles. The summed E-state index contributed by atoms with van der Waals surface area (Å²) in [6.07, 6.45) is -3.01. The molecule has 2 N–H and O–H groups in total. The molecule has 1 fully saturated rings. The van der Waals surface area contributed by atoms with Crippen LogP contribution in [-0.2, 0) is 16.1 Å². The minimum Gasteiger partial charge on any atom is -0.480 e. The van der Waals surface area contributed by atoms with E-state index in [2.05, 4.69) is 10.1 Å². The minimum absolute atomic E-state index is 0.0343. The Balaban J connectivity index is 1.83. The number of ether oxygens (including phenoxy) is 1. The zero-order valence-corrected chi connectivity index (χ0v) is 13.5. The first-order valence-corrected chi connectivity index (χ1v) is 7.75. The Labute approximate surface area is 142 Å². The van der Waals surface area contributed by atoms with Gasteiger partial charge < -0.3 is 15.2 Å². The molecule has 1 unspecified atom stereocenters. The summed E-state index contributed by atoms with van der Waals surface area (Å²) in [5, 5.41) is 11.7. The lowest BCUT2D eigenvalue weighted by Crippen LogP contribution is -2.46. The van der Waals surface area contributed by atoms with Crippen LogP contribution in [0.25, 0.3) is 0 Å². The van der Waals surface area contributed by atoms with Crippen molar-refractivity contribution in [2.75, 3.05) is 6.54 Å². The molecule has 0 aromatic heterocycles. The third kappa shape index (κ3) is 6.26. The van der Waals surface area contributed by atoms with Crippen LogP contribution in [0.5, 0.6) is 5.75 Å². The number of aliphatic carboxylic acids is 1. The molecule has 0 heterocycles. The fraction of sp³-hybridized carbons (Fsp3) is 0.500. The van der Waals surface area contributed by atoms with E-state index in [1.54, 1.807) is 4.90 Å². The van der Waals surface area contributed by atoms with Crippen molar-refractivity contribution in [1.29, 1.82) is 0 Å². The summed E-state index contributed by atoms with van der Waals surface area (Å²) in [6.45, 7) is 1.63. The number of amides is 1. The molecular weight excluding hydrogens is 341 g/mol. The van der Waals surface area contributed by atoms with Crippen LogP contribution in [0.3, 0.4) is 0 Å². The quantitative estimate of drug-likeness (QED) is 0.743. The summed E-state index contributed by atoms with van der Waals surface area (Å²) in [5.74, 6) is -1.66. The molecule has 1 aromatic carbocycles. The number of nitrogens with one attached hydrogen (secondary N) is 1. The van der Waals surface area contributed by atoms with Gasteiger partial charge in [0.05, 0.1) is 6.54 Å². The largest absolute Gasteiger partial charge is 0.573 e. The maximum atomic E-state index is 12.1. The SMILES string of the molecule is CC(C(=O)O)N(CC(=O)NCc1ccc(OC(F)(F)F)cc1)C1CC1.